The van der Waals surface area contributed by atoms with Gasteiger partial charge in [-0.1, -0.05) is 53.7 Å². The van der Waals surface area contributed by atoms with Crippen LogP contribution in [0.15, 0.2) is 63.9 Å². The van der Waals surface area contributed by atoms with E-state index in [-0.39, 0.29) is 5.78 Å². The van der Waals surface area contributed by atoms with Crippen LogP contribution in [0, 0.1) is 0 Å². The monoisotopic (exact) mass is 427 g/mol. The lowest BCUT2D eigenvalue weighted by molar-refractivity contribution is 0.101. The molecule has 0 fully saturated rings. The van der Waals surface area contributed by atoms with Gasteiger partial charge < -0.3 is 4.90 Å². The molecule has 0 atom stereocenters. The predicted molar refractivity (Wildman–Crippen MR) is 117 cm³/mol. The fourth-order valence-corrected chi connectivity index (χ4v) is 4.99. The Balaban J connectivity index is 1.77. The first-order valence-electron chi connectivity index (χ1n) is 8.90. The van der Waals surface area contributed by atoms with Gasteiger partial charge in [-0.3, -0.25) is 4.79 Å². The van der Waals surface area contributed by atoms with E-state index in [9.17, 15) is 4.79 Å². The average molecular weight is 428 g/mol. The molecule has 3 heterocycles. The van der Waals surface area contributed by atoms with E-state index in [0.717, 1.165) is 44.9 Å². The second kappa shape index (κ2) is 8.47. The molecule has 4 rings (SSSR count). The van der Waals surface area contributed by atoms with Crippen molar-refractivity contribution in [2.24, 2.45) is 0 Å². The van der Waals surface area contributed by atoms with Gasteiger partial charge in [-0.2, -0.15) is 0 Å². The summed E-state index contributed by atoms with van der Waals surface area (Å²) in [4.78, 5) is 25.5. The first-order valence-corrected chi connectivity index (χ1v) is 11.0. The van der Waals surface area contributed by atoms with Gasteiger partial charge in [0, 0.05) is 40.7 Å². The molecule has 1 aliphatic heterocycles. The highest BCUT2D eigenvalue weighted by Gasteiger charge is 2.17. The summed E-state index contributed by atoms with van der Waals surface area (Å²) in [6, 6.07) is 9.55. The molecule has 1 aromatic carbocycles. The standard InChI is InChI=1S/C21H18ClN3OS2/c1-14(26)15-6-5-7-16(10-15)20-18(28-17-11-19(22)27-13-17)12-23-21(24-20)25-8-3-2-4-9-25/h2-3,5-7,10-13H,4,8-9H2,1H3. The van der Waals surface area contributed by atoms with Gasteiger partial charge in [-0.15, -0.1) is 11.3 Å². The van der Waals surface area contributed by atoms with Crippen molar-refractivity contribution >= 4 is 46.4 Å². The van der Waals surface area contributed by atoms with Gasteiger partial charge in [-0.05, 0) is 25.5 Å². The van der Waals surface area contributed by atoms with Crippen LogP contribution in [-0.4, -0.2) is 28.8 Å². The van der Waals surface area contributed by atoms with E-state index >= 15 is 0 Å². The van der Waals surface area contributed by atoms with Gasteiger partial charge in [-0.25, -0.2) is 9.97 Å². The molecule has 4 nitrogen and oxygen atoms in total. The largest absolute Gasteiger partial charge is 0.337 e. The van der Waals surface area contributed by atoms with Crippen molar-refractivity contribution in [3.8, 4) is 11.3 Å². The number of carbonyl (C=O) groups is 1. The number of anilines is 1. The number of hydrogen-bond donors (Lipinski definition) is 0. The van der Waals surface area contributed by atoms with Crippen molar-refractivity contribution in [3.05, 3.63) is 64.0 Å². The first kappa shape index (κ1) is 19.2. The third-order valence-electron chi connectivity index (χ3n) is 4.40. The Morgan fingerprint density at radius 2 is 2.18 bits per heavy atom. The molecule has 0 radical (unpaired) electrons. The molecule has 0 bridgehead atoms. The van der Waals surface area contributed by atoms with Crippen molar-refractivity contribution < 1.29 is 4.79 Å². The van der Waals surface area contributed by atoms with Gasteiger partial charge in [0.1, 0.15) is 0 Å². The number of thiophene rings is 1. The van der Waals surface area contributed by atoms with Crippen molar-refractivity contribution in [3.63, 3.8) is 0 Å². The van der Waals surface area contributed by atoms with Crippen LogP contribution in [0.1, 0.15) is 23.7 Å². The summed E-state index contributed by atoms with van der Waals surface area (Å²) in [6.45, 7) is 3.28. The zero-order chi connectivity index (χ0) is 19.5. The number of aromatic nitrogens is 2. The van der Waals surface area contributed by atoms with Crippen molar-refractivity contribution in [1.29, 1.82) is 0 Å². The van der Waals surface area contributed by atoms with E-state index in [1.807, 2.05) is 41.9 Å². The number of nitrogens with zero attached hydrogens (tertiary/aromatic N) is 3. The first-order chi connectivity index (χ1) is 13.6. The van der Waals surface area contributed by atoms with E-state index in [1.54, 1.807) is 18.7 Å². The van der Waals surface area contributed by atoms with Crippen LogP contribution in [0.5, 0.6) is 0 Å². The second-order valence-corrected chi connectivity index (χ2v) is 9.07. The third kappa shape index (κ3) is 4.29. The predicted octanol–water partition coefficient (Wildman–Crippen LogP) is 5.98. The molecule has 2 aromatic heterocycles. The number of rotatable bonds is 5. The number of ketones is 1. The molecule has 0 spiro atoms. The zero-order valence-corrected chi connectivity index (χ0v) is 17.7. The van der Waals surface area contributed by atoms with Crippen LogP contribution < -0.4 is 4.90 Å². The Bertz CT molecular complexity index is 1050. The molecule has 3 aromatic rings. The Labute approximate surface area is 177 Å². The lowest BCUT2D eigenvalue weighted by Gasteiger charge is -2.24. The third-order valence-corrected chi connectivity index (χ3v) is 6.63. The van der Waals surface area contributed by atoms with Crippen LogP contribution in [0.25, 0.3) is 11.3 Å². The van der Waals surface area contributed by atoms with Crippen LogP contribution in [0.3, 0.4) is 0 Å². The molecule has 1 aliphatic rings. The smallest absolute Gasteiger partial charge is 0.226 e. The summed E-state index contributed by atoms with van der Waals surface area (Å²) in [6.07, 6.45) is 7.17. The topological polar surface area (TPSA) is 46.1 Å². The van der Waals surface area contributed by atoms with Gasteiger partial charge in [0.25, 0.3) is 0 Å². The summed E-state index contributed by atoms with van der Waals surface area (Å²) in [5.74, 6) is 0.747. The highest BCUT2D eigenvalue weighted by Crippen LogP contribution is 2.38. The summed E-state index contributed by atoms with van der Waals surface area (Å²) in [7, 11) is 0. The summed E-state index contributed by atoms with van der Waals surface area (Å²) >= 11 is 9.17. The lowest BCUT2D eigenvalue weighted by Crippen LogP contribution is -2.28. The zero-order valence-electron chi connectivity index (χ0n) is 15.3. The van der Waals surface area contributed by atoms with Crippen molar-refractivity contribution in [1.82, 2.24) is 9.97 Å². The summed E-state index contributed by atoms with van der Waals surface area (Å²) < 4.78 is 0.750. The van der Waals surface area contributed by atoms with E-state index < -0.39 is 0 Å². The van der Waals surface area contributed by atoms with Gasteiger partial charge >= 0.3 is 0 Å². The van der Waals surface area contributed by atoms with Crippen LogP contribution in [-0.2, 0) is 0 Å². The SMILES string of the molecule is CC(=O)c1cccc(-c2nc(N3CC=CCC3)ncc2Sc2csc(Cl)c2)c1. The number of benzene rings is 1. The van der Waals surface area contributed by atoms with Crippen molar-refractivity contribution in [2.75, 3.05) is 18.0 Å². The minimum absolute atomic E-state index is 0.0381. The Morgan fingerprint density at radius 1 is 1.29 bits per heavy atom. The number of carbonyl (C=O) groups excluding carboxylic acids is 1. The normalized spacial score (nSPS) is 13.7. The fourth-order valence-electron chi connectivity index (χ4n) is 2.98. The van der Waals surface area contributed by atoms with Crippen LogP contribution in [0.4, 0.5) is 5.95 Å². The number of hydrogen-bond acceptors (Lipinski definition) is 6. The lowest BCUT2D eigenvalue weighted by atomic mass is 10.1. The molecular formula is C21H18ClN3OS2. The Hall–Kier alpha value is -2.15. The molecule has 0 aliphatic carbocycles. The van der Waals surface area contributed by atoms with Gasteiger partial charge in [0.05, 0.1) is 14.9 Å². The highest BCUT2D eigenvalue weighted by atomic mass is 35.5. The second-order valence-electron chi connectivity index (χ2n) is 6.41. The molecular weight excluding hydrogens is 410 g/mol. The number of halogens is 1. The minimum atomic E-state index is 0.0381. The van der Waals surface area contributed by atoms with E-state index in [2.05, 4.69) is 22.0 Å². The van der Waals surface area contributed by atoms with E-state index in [0.29, 0.717) is 11.5 Å². The quantitative estimate of drug-likeness (QED) is 0.370. The van der Waals surface area contributed by atoms with Crippen LogP contribution in [0.2, 0.25) is 4.34 Å². The van der Waals surface area contributed by atoms with Crippen molar-refractivity contribution in [2.45, 2.75) is 23.1 Å². The van der Waals surface area contributed by atoms with E-state index in [1.165, 1.54) is 11.3 Å². The molecule has 0 unspecified atom stereocenters. The molecule has 142 valence electrons. The van der Waals surface area contributed by atoms with Gasteiger partial charge in [0.2, 0.25) is 5.95 Å². The minimum Gasteiger partial charge on any atom is -0.337 e. The van der Waals surface area contributed by atoms with Gasteiger partial charge in [0.15, 0.2) is 5.78 Å². The Morgan fingerprint density at radius 3 is 2.89 bits per heavy atom. The molecule has 0 saturated heterocycles. The molecule has 0 N–H and O–H groups in total. The molecule has 0 amide bonds. The molecule has 7 heteroatoms. The average Bonchev–Trinajstić information content (AvgIpc) is 3.13. The summed E-state index contributed by atoms with van der Waals surface area (Å²) in [5, 5.41) is 2.02. The van der Waals surface area contributed by atoms with E-state index in [4.69, 9.17) is 16.6 Å². The molecule has 0 saturated carbocycles. The highest BCUT2D eigenvalue weighted by molar-refractivity contribution is 7.99. The number of Topliss-reactive ketones (excluding diaryl/α,β-unsaturated/α-hetero) is 1. The Kier molecular flexibility index (Phi) is 5.80. The maximum absolute atomic E-state index is 11.9. The summed E-state index contributed by atoms with van der Waals surface area (Å²) in [5.41, 5.74) is 2.41. The van der Waals surface area contributed by atoms with Crippen LogP contribution >= 0.6 is 34.7 Å². The maximum atomic E-state index is 11.9. The molecule has 28 heavy (non-hydrogen) atoms. The maximum Gasteiger partial charge on any atom is 0.226 e. The fraction of sp³-hybridized carbons (Fsp3) is 0.190.